The van der Waals surface area contributed by atoms with Gasteiger partial charge in [-0.1, -0.05) is 29.8 Å². The van der Waals surface area contributed by atoms with Gasteiger partial charge in [-0.05, 0) is 49.2 Å². The Morgan fingerprint density at radius 1 is 1.16 bits per heavy atom. The van der Waals surface area contributed by atoms with E-state index in [0.717, 1.165) is 24.2 Å². The first-order valence-corrected chi connectivity index (χ1v) is 8.41. The van der Waals surface area contributed by atoms with E-state index in [-0.39, 0.29) is 10.9 Å². The molecule has 1 aliphatic rings. The lowest BCUT2D eigenvalue weighted by Crippen LogP contribution is -2.17. The van der Waals surface area contributed by atoms with Crippen molar-refractivity contribution in [1.82, 2.24) is 9.78 Å². The molecule has 4 rings (SSSR count). The smallest absolute Gasteiger partial charge is 0.274 e. The number of para-hydroxylation sites is 1. The Morgan fingerprint density at radius 2 is 1.92 bits per heavy atom. The first-order valence-electron chi connectivity index (χ1n) is 8.03. The molecule has 1 aromatic heterocycles. The molecule has 1 saturated carbocycles. The van der Waals surface area contributed by atoms with Gasteiger partial charge >= 0.3 is 0 Å². The molecule has 25 heavy (non-hydrogen) atoms. The number of anilines is 1. The van der Waals surface area contributed by atoms with E-state index in [1.807, 2.05) is 36.4 Å². The van der Waals surface area contributed by atoms with Crippen molar-refractivity contribution in [3.05, 3.63) is 76.8 Å². The van der Waals surface area contributed by atoms with Gasteiger partial charge < -0.3 is 5.32 Å². The first-order chi connectivity index (χ1) is 12.1. The van der Waals surface area contributed by atoms with Gasteiger partial charge in [0.1, 0.15) is 11.5 Å². The van der Waals surface area contributed by atoms with Crippen molar-refractivity contribution < 1.29 is 9.18 Å². The summed E-state index contributed by atoms with van der Waals surface area (Å²) in [6.45, 7) is 0. The number of nitrogens with one attached hydrogen (secondary N) is 1. The molecule has 0 spiro atoms. The molecule has 0 radical (unpaired) electrons. The summed E-state index contributed by atoms with van der Waals surface area (Å²) < 4.78 is 14.8. The zero-order valence-corrected chi connectivity index (χ0v) is 14.0. The van der Waals surface area contributed by atoms with Crippen LogP contribution in [0.15, 0.2) is 54.6 Å². The number of benzene rings is 2. The molecule has 126 valence electrons. The maximum absolute atomic E-state index is 13.2. The molecule has 1 heterocycles. The fourth-order valence-electron chi connectivity index (χ4n) is 2.68. The Bertz CT molecular complexity index is 935. The van der Waals surface area contributed by atoms with Gasteiger partial charge in [-0.3, -0.25) is 4.79 Å². The number of aromatic nitrogens is 2. The van der Waals surface area contributed by atoms with E-state index in [0.29, 0.717) is 17.3 Å². The van der Waals surface area contributed by atoms with E-state index in [4.69, 9.17) is 11.6 Å². The lowest BCUT2D eigenvalue weighted by molar-refractivity contribution is 0.101. The van der Waals surface area contributed by atoms with Crippen molar-refractivity contribution in [2.24, 2.45) is 0 Å². The maximum atomic E-state index is 13.2. The second-order valence-corrected chi connectivity index (χ2v) is 6.46. The van der Waals surface area contributed by atoms with Crippen LogP contribution in [0.5, 0.6) is 0 Å². The minimum atomic E-state index is -0.451. The lowest BCUT2D eigenvalue weighted by atomic mass is 10.2. The predicted molar refractivity (Wildman–Crippen MR) is 94.9 cm³/mol. The van der Waals surface area contributed by atoms with E-state index >= 15 is 0 Å². The molecule has 0 saturated heterocycles. The molecule has 1 aliphatic carbocycles. The lowest BCUT2D eigenvalue weighted by Gasteiger charge is -2.09. The van der Waals surface area contributed by atoms with Crippen LogP contribution in [-0.4, -0.2) is 15.7 Å². The molecule has 0 aliphatic heterocycles. The van der Waals surface area contributed by atoms with Gasteiger partial charge in [0.05, 0.1) is 22.1 Å². The monoisotopic (exact) mass is 355 g/mol. The summed E-state index contributed by atoms with van der Waals surface area (Å²) in [4.78, 5) is 12.8. The molecule has 0 bridgehead atoms. The van der Waals surface area contributed by atoms with Gasteiger partial charge in [0, 0.05) is 5.92 Å². The highest BCUT2D eigenvalue weighted by molar-refractivity contribution is 6.33. The fourth-order valence-corrected chi connectivity index (χ4v) is 2.90. The fraction of sp³-hybridized carbons (Fsp3) is 0.158. The average Bonchev–Trinajstić information content (AvgIpc) is 3.36. The van der Waals surface area contributed by atoms with Crippen molar-refractivity contribution in [3.63, 3.8) is 0 Å². The number of hydrogen-bond donors (Lipinski definition) is 1. The normalized spacial score (nSPS) is 13.7. The largest absolute Gasteiger partial charge is 0.319 e. The summed E-state index contributed by atoms with van der Waals surface area (Å²) in [5.74, 6) is -0.365. The second-order valence-electron chi connectivity index (χ2n) is 6.05. The van der Waals surface area contributed by atoms with Crippen molar-refractivity contribution in [3.8, 4) is 5.69 Å². The third kappa shape index (κ3) is 3.28. The van der Waals surface area contributed by atoms with Crippen molar-refractivity contribution in [1.29, 1.82) is 0 Å². The Kier molecular flexibility index (Phi) is 4.01. The molecule has 0 atom stereocenters. The van der Waals surface area contributed by atoms with E-state index in [9.17, 15) is 9.18 Å². The van der Waals surface area contributed by atoms with E-state index in [1.165, 1.54) is 18.2 Å². The first kappa shape index (κ1) is 15.8. The minimum Gasteiger partial charge on any atom is -0.319 e. The van der Waals surface area contributed by atoms with Gasteiger partial charge in [-0.15, -0.1) is 0 Å². The van der Waals surface area contributed by atoms with Gasteiger partial charge in [0.25, 0.3) is 5.91 Å². The van der Waals surface area contributed by atoms with Gasteiger partial charge in [0.15, 0.2) is 0 Å². The number of hydrogen-bond acceptors (Lipinski definition) is 2. The van der Waals surface area contributed by atoms with E-state index in [2.05, 4.69) is 10.4 Å². The topological polar surface area (TPSA) is 46.9 Å². The van der Waals surface area contributed by atoms with Crippen LogP contribution in [0.3, 0.4) is 0 Å². The Labute approximate surface area is 149 Å². The minimum absolute atomic E-state index is 0.154. The zero-order valence-electron chi connectivity index (χ0n) is 13.2. The van der Waals surface area contributed by atoms with Crippen molar-refractivity contribution in [2.45, 2.75) is 18.8 Å². The van der Waals surface area contributed by atoms with Gasteiger partial charge in [-0.2, -0.15) is 5.10 Å². The van der Waals surface area contributed by atoms with Crippen LogP contribution in [0.4, 0.5) is 10.1 Å². The average molecular weight is 356 g/mol. The summed E-state index contributed by atoms with van der Waals surface area (Å²) in [5, 5.41) is 7.50. The Balaban J connectivity index is 1.69. The predicted octanol–water partition coefficient (Wildman–Crippen LogP) is 4.79. The molecule has 2 aromatic carbocycles. The molecule has 3 aromatic rings. The molecular formula is C19H15ClFN3O. The number of carbonyl (C=O) groups excluding carboxylic acids is 1. The quantitative estimate of drug-likeness (QED) is 0.731. The van der Waals surface area contributed by atoms with Gasteiger partial charge in [0.2, 0.25) is 0 Å². The van der Waals surface area contributed by atoms with E-state index < -0.39 is 5.82 Å². The second kappa shape index (κ2) is 6.33. The Morgan fingerprint density at radius 3 is 2.60 bits per heavy atom. The highest BCUT2D eigenvalue weighted by atomic mass is 35.5. The van der Waals surface area contributed by atoms with Crippen LogP contribution in [-0.2, 0) is 0 Å². The summed E-state index contributed by atoms with van der Waals surface area (Å²) >= 11 is 6.01. The third-order valence-corrected chi connectivity index (χ3v) is 4.45. The summed E-state index contributed by atoms with van der Waals surface area (Å²) in [7, 11) is 0. The standard InChI is InChI=1S/C19H15ClFN3O/c20-15-10-13(21)8-9-16(15)22-19(25)18-11-17(12-6-7-12)23-24(18)14-4-2-1-3-5-14/h1-5,8-12H,6-7H2,(H,22,25). The highest BCUT2D eigenvalue weighted by Crippen LogP contribution is 2.39. The molecule has 1 amide bonds. The summed E-state index contributed by atoms with van der Waals surface area (Å²) in [6.07, 6.45) is 2.19. The van der Waals surface area contributed by atoms with Crippen LogP contribution in [0, 0.1) is 5.82 Å². The summed E-state index contributed by atoms with van der Waals surface area (Å²) in [5.41, 5.74) is 2.51. The molecular weight excluding hydrogens is 341 g/mol. The van der Waals surface area contributed by atoms with Crippen molar-refractivity contribution >= 4 is 23.2 Å². The number of halogens is 2. The van der Waals surface area contributed by atoms with Crippen LogP contribution in [0.25, 0.3) is 5.69 Å². The number of rotatable bonds is 4. The summed E-state index contributed by atoms with van der Waals surface area (Å²) in [6, 6.07) is 15.2. The zero-order chi connectivity index (χ0) is 17.4. The van der Waals surface area contributed by atoms with Crippen LogP contribution < -0.4 is 5.32 Å². The Hall–Kier alpha value is -2.66. The molecule has 1 fully saturated rings. The number of amides is 1. The molecule has 4 nitrogen and oxygen atoms in total. The third-order valence-electron chi connectivity index (χ3n) is 4.14. The molecule has 6 heteroatoms. The highest BCUT2D eigenvalue weighted by Gasteiger charge is 2.29. The van der Waals surface area contributed by atoms with Gasteiger partial charge in [-0.25, -0.2) is 9.07 Å². The maximum Gasteiger partial charge on any atom is 0.274 e. The molecule has 1 N–H and O–H groups in total. The number of nitrogens with zero attached hydrogens (tertiary/aromatic N) is 2. The SMILES string of the molecule is O=C(Nc1ccc(F)cc1Cl)c1cc(C2CC2)nn1-c1ccccc1. The van der Waals surface area contributed by atoms with Crippen LogP contribution in [0.2, 0.25) is 5.02 Å². The van der Waals surface area contributed by atoms with Crippen LogP contribution in [0.1, 0.15) is 34.9 Å². The number of carbonyl (C=O) groups is 1. The van der Waals surface area contributed by atoms with Crippen LogP contribution >= 0.6 is 11.6 Å². The van der Waals surface area contributed by atoms with Crippen molar-refractivity contribution in [2.75, 3.05) is 5.32 Å². The van der Waals surface area contributed by atoms with E-state index in [1.54, 1.807) is 4.68 Å². The molecule has 0 unspecified atom stereocenters.